The lowest BCUT2D eigenvalue weighted by atomic mass is 10.1. The van der Waals surface area contributed by atoms with Crippen molar-refractivity contribution in [1.82, 2.24) is 4.90 Å². The highest BCUT2D eigenvalue weighted by Crippen LogP contribution is 2.24. The van der Waals surface area contributed by atoms with Crippen LogP contribution in [0.4, 0.5) is 0 Å². The van der Waals surface area contributed by atoms with Crippen LogP contribution in [0.5, 0.6) is 0 Å². The molecule has 0 heterocycles. The van der Waals surface area contributed by atoms with Crippen molar-refractivity contribution in [2.45, 2.75) is 6.54 Å². The van der Waals surface area contributed by atoms with E-state index in [1.54, 1.807) is 23.1 Å². The molecule has 2 N–H and O–H groups in total. The fourth-order valence-electron chi connectivity index (χ4n) is 2.02. The van der Waals surface area contributed by atoms with E-state index < -0.39 is 0 Å². The number of benzene rings is 2. The van der Waals surface area contributed by atoms with Crippen LogP contribution in [0.25, 0.3) is 0 Å². The Morgan fingerprint density at radius 1 is 1.19 bits per heavy atom. The van der Waals surface area contributed by atoms with Crippen LogP contribution in [-0.4, -0.2) is 23.9 Å². The molecule has 0 aromatic heterocycles. The van der Waals surface area contributed by atoms with Crippen LogP contribution < -0.4 is 5.73 Å². The van der Waals surface area contributed by atoms with Crippen molar-refractivity contribution in [1.29, 1.82) is 0 Å². The second-order valence-electron chi connectivity index (χ2n) is 4.63. The van der Waals surface area contributed by atoms with Crippen molar-refractivity contribution in [2.24, 2.45) is 5.73 Å². The third kappa shape index (κ3) is 4.30. The second kappa shape index (κ2) is 7.59. The summed E-state index contributed by atoms with van der Waals surface area (Å²) in [5.74, 6) is -0.0706. The molecule has 3 nitrogen and oxygen atoms in total. The number of carbonyl (C=O) groups excluding carboxylic acids is 1. The van der Waals surface area contributed by atoms with Gasteiger partial charge in [0.25, 0.3) is 5.91 Å². The number of nitrogens with zero attached hydrogens (tertiary/aromatic N) is 1. The molecule has 2 aromatic carbocycles. The average Bonchev–Trinajstić information content (AvgIpc) is 2.50. The molecule has 2 aromatic rings. The van der Waals surface area contributed by atoms with E-state index in [-0.39, 0.29) is 5.91 Å². The maximum absolute atomic E-state index is 12.6. The van der Waals surface area contributed by atoms with Gasteiger partial charge in [-0.05, 0) is 39.7 Å². The van der Waals surface area contributed by atoms with Crippen molar-refractivity contribution < 1.29 is 4.79 Å². The van der Waals surface area contributed by atoms with Gasteiger partial charge in [-0.3, -0.25) is 4.79 Å². The van der Waals surface area contributed by atoms with Crippen LogP contribution in [0.3, 0.4) is 0 Å². The standard InChI is InChI=1S/C16H16BrClN2O/c17-14-7-6-13(10-15(14)18)16(21)20(9-8-19)11-12-4-2-1-3-5-12/h1-7,10H,8-9,11,19H2. The van der Waals surface area contributed by atoms with E-state index in [0.29, 0.717) is 30.2 Å². The first-order chi connectivity index (χ1) is 10.1. The molecule has 0 saturated carbocycles. The highest BCUT2D eigenvalue weighted by molar-refractivity contribution is 9.10. The zero-order chi connectivity index (χ0) is 15.2. The van der Waals surface area contributed by atoms with Gasteiger partial charge >= 0.3 is 0 Å². The number of nitrogens with two attached hydrogens (primary N) is 1. The molecule has 0 radical (unpaired) electrons. The van der Waals surface area contributed by atoms with E-state index in [1.165, 1.54) is 0 Å². The maximum atomic E-state index is 12.6. The summed E-state index contributed by atoms with van der Waals surface area (Å²) in [6.45, 7) is 1.45. The van der Waals surface area contributed by atoms with Crippen molar-refractivity contribution in [2.75, 3.05) is 13.1 Å². The van der Waals surface area contributed by atoms with Crippen LogP contribution in [0, 0.1) is 0 Å². The lowest BCUT2D eigenvalue weighted by molar-refractivity contribution is 0.0748. The van der Waals surface area contributed by atoms with Gasteiger partial charge < -0.3 is 10.6 Å². The van der Waals surface area contributed by atoms with Crippen molar-refractivity contribution in [3.8, 4) is 0 Å². The minimum Gasteiger partial charge on any atom is -0.333 e. The molecule has 2 rings (SSSR count). The summed E-state index contributed by atoms with van der Waals surface area (Å²) in [7, 11) is 0. The summed E-state index contributed by atoms with van der Waals surface area (Å²) < 4.78 is 0.772. The Labute approximate surface area is 137 Å². The Hall–Kier alpha value is -1.36. The molecule has 0 spiro atoms. The van der Waals surface area contributed by atoms with E-state index in [4.69, 9.17) is 17.3 Å². The van der Waals surface area contributed by atoms with E-state index in [0.717, 1.165) is 10.0 Å². The molecule has 5 heteroatoms. The van der Waals surface area contributed by atoms with Crippen molar-refractivity contribution >= 4 is 33.4 Å². The van der Waals surface area contributed by atoms with Crippen molar-refractivity contribution in [3.63, 3.8) is 0 Å². The quantitative estimate of drug-likeness (QED) is 0.876. The molecule has 0 aliphatic heterocycles. The van der Waals surface area contributed by atoms with Crippen LogP contribution in [0.2, 0.25) is 5.02 Å². The Bertz CT molecular complexity index is 619. The normalized spacial score (nSPS) is 10.4. The number of hydrogen-bond donors (Lipinski definition) is 1. The lowest BCUT2D eigenvalue weighted by Gasteiger charge is -2.22. The highest BCUT2D eigenvalue weighted by atomic mass is 79.9. The Balaban J connectivity index is 2.20. The monoisotopic (exact) mass is 366 g/mol. The molecular weight excluding hydrogens is 352 g/mol. The van der Waals surface area contributed by atoms with Gasteiger partial charge in [-0.2, -0.15) is 0 Å². The molecule has 0 bridgehead atoms. The van der Waals surface area contributed by atoms with Gasteiger partial charge in [0.15, 0.2) is 0 Å². The van der Waals surface area contributed by atoms with Gasteiger partial charge in [-0.15, -0.1) is 0 Å². The fourth-order valence-corrected chi connectivity index (χ4v) is 2.45. The van der Waals surface area contributed by atoms with E-state index >= 15 is 0 Å². The molecular formula is C16H16BrClN2O. The topological polar surface area (TPSA) is 46.3 Å². The third-order valence-corrected chi connectivity index (χ3v) is 4.30. The summed E-state index contributed by atoms with van der Waals surface area (Å²) in [6, 6.07) is 15.0. The first-order valence-electron chi connectivity index (χ1n) is 6.60. The van der Waals surface area contributed by atoms with Crippen LogP contribution in [0.1, 0.15) is 15.9 Å². The van der Waals surface area contributed by atoms with E-state index in [1.807, 2.05) is 30.3 Å². The Morgan fingerprint density at radius 3 is 2.52 bits per heavy atom. The minimum atomic E-state index is -0.0706. The Morgan fingerprint density at radius 2 is 1.90 bits per heavy atom. The molecule has 110 valence electrons. The predicted molar refractivity (Wildman–Crippen MR) is 89.4 cm³/mol. The molecule has 0 fully saturated rings. The number of rotatable bonds is 5. The molecule has 0 aliphatic carbocycles. The van der Waals surface area contributed by atoms with Gasteiger partial charge in [0.2, 0.25) is 0 Å². The highest BCUT2D eigenvalue weighted by Gasteiger charge is 2.16. The molecule has 0 aliphatic rings. The maximum Gasteiger partial charge on any atom is 0.254 e. The summed E-state index contributed by atoms with van der Waals surface area (Å²) in [5.41, 5.74) is 7.26. The number of amides is 1. The lowest BCUT2D eigenvalue weighted by Crippen LogP contribution is -2.34. The summed E-state index contributed by atoms with van der Waals surface area (Å²) in [5, 5.41) is 0.522. The molecule has 21 heavy (non-hydrogen) atoms. The van der Waals surface area contributed by atoms with Gasteiger partial charge in [-0.1, -0.05) is 41.9 Å². The van der Waals surface area contributed by atoms with Crippen LogP contribution >= 0.6 is 27.5 Å². The molecule has 1 amide bonds. The Kier molecular flexibility index (Phi) is 5.79. The second-order valence-corrected chi connectivity index (χ2v) is 5.89. The summed E-state index contributed by atoms with van der Waals surface area (Å²) >= 11 is 9.38. The van der Waals surface area contributed by atoms with E-state index in [2.05, 4.69) is 15.9 Å². The summed E-state index contributed by atoms with van der Waals surface area (Å²) in [6.07, 6.45) is 0. The molecule has 0 unspecified atom stereocenters. The summed E-state index contributed by atoms with van der Waals surface area (Å²) in [4.78, 5) is 14.3. The smallest absolute Gasteiger partial charge is 0.254 e. The van der Waals surface area contributed by atoms with E-state index in [9.17, 15) is 4.79 Å². The van der Waals surface area contributed by atoms with Crippen LogP contribution in [-0.2, 0) is 6.54 Å². The largest absolute Gasteiger partial charge is 0.333 e. The van der Waals surface area contributed by atoms with Gasteiger partial charge in [0, 0.05) is 29.7 Å². The van der Waals surface area contributed by atoms with Gasteiger partial charge in [0.05, 0.1) is 5.02 Å². The first kappa shape index (κ1) is 16.0. The van der Waals surface area contributed by atoms with Crippen molar-refractivity contribution in [3.05, 3.63) is 69.2 Å². The third-order valence-electron chi connectivity index (χ3n) is 3.07. The molecule has 0 atom stereocenters. The number of carbonyl (C=O) groups is 1. The van der Waals surface area contributed by atoms with Gasteiger partial charge in [0.1, 0.15) is 0 Å². The average molecular weight is 368 g/mol. The first-order valence-corrected chi connectivity index (χ1v) is 7.77. The SMILES string of the molecule is NCCN(Cc1ccccc1)C(=O)c1ccc(Br)c(Cl)c1. The number of halogens is 2. The van der Waals surface area contributed by atoms with Crippen LogP contribution in [0.15, 0.2) is 53.0 Å². The zero-order valence-corrected chi connectivity index (χ0v) is 13.8. The zero-order valence-electron chi connectivity index (χ0n) is 11.4. The fraction of sp³-hybridized carbons (Fsp3) is 0.188. The number of hydrogen-bond acceptors (Lipinski definition) is 2. The minimum absolute atomic E-state index is 0.0706. The molecule has 0 saturated heterocycles. The predicted octanol–water partition coefficient (Wildman–Crippen LogP) is 3.70. The van der Waals surface area contributed by atoms with Gasteiger partial charge in [-0.25, -0.2) is 0 Å².